The molecule has 4 nitrogen and oxygen atoms in total. The highest BCUT2D eigenvalue weighted by atomic mass is 32.2. The van der Waals surface area contributed by atoms with Gasteiger partial charge in [-0.15, -0.1) is 12.3 Å². The summed E-state index contributed by atoms with van der Waals surface area (Å²) in [6, 6.07) is 6.59. The molecule has 0 aliphatic heterocycles. The number of nitrogens with one attached hydrogen (secondary N) is 1. The van der Waals surface area contributed by atoms with Crippen LogP contribution in [0.5, 0.6) is 0 Å². The van der Waals surface area contributed by atoms with Crippen molar-refractivity contribution in [3.05, 3.63) is 36.7 Å². The fraction of sp³-hybridized carbons (Fsp3) is 0.267. The lowest BCUT2D eigenvalue weighted by Crippen LogP contribution is -2.34. The van der Waals surface area contributed by atoms with E-state index in [2.05, 4.69) is 15.6 Å². The van der Waals surface area contributed by atoms with Crippen LogP contribution >= 0.6 is 0 Å². The second-order valence-corrected chi connectivity index (χ2v) is 6.17. The molecule has 0 saturated carbocycles. The van der Waals surface area contributed by atoms with Crippen molar-refractivity contribution < 1.29 is 8.42 Å². The van der Waals surface area contributed by atoms with Crippen LogP contribution in [0, 0.1) is 12.3 Å². The SMILES string of the molecule is C#CCC(CC)NS(=O)(=O)c1cccc2cnccc12. The van der Waals surface area contributed by atoms with Gasteiger partial charge in [-0.05, 0) is 18.6 Å². The first-order chi connectivity index (χ1) is 9.58. The molecule has 1 heterocycles. The average molecular weight is 288 g/mol. The molecule has 104 valence electrons. The van der Waals surface area contributed by atoms with Crippen LogP contribution in [-0.4, -0.2) is 19.4 Å². The van der Waals surface area contributed by atoms with E-state index in [1.54, 1.807) is 30.6 Å². The average Bonchev–Trinajstić information content (AvgIpc) is 2.46. The van der Waals surface area contributed by atoms with Gasteiger partial charge in [0.2, 0.25) is 10.0 Å². The summed E-state index contributed by atoms with van der Waals surface area (Å²) in [5.74, 6) is 2.49. The lowest BCUT2D eigenvalue weighted by molar-refractivity contribution is 0.545. The minimum atomic E-state index is -3.59. The maximum Gasteiger partial charge on any atom is 0.241 e. The summed E-state index contributed by atoms with van der Waals surface area (Å²) in [6.45, 7) is 1.90. The molecule has 1 N–H and O–H groups in total. The number of rotatable bonds is 5. The summed E-state index contributed by atoms with van der Waals surface area (Å²) in [6.07, 6.45) is 9.51. The van der Waals surface area contributed by atoms with Crippen molar-refractivity contribution >= 4 is 20.8 Å². The van der Waals surface area contributed by atoms with Gasteiger partial charge in [0.05, 0.1) is 4.90 Å². The lowest BCUT2D eigenvalue weighted by atomic mass is 10.2. The molecule has 2 aromatic rings. The Morgan fingerprint density at radius 1 is 1.40 bits per heavy atom. The van der Waals surface area contributed by atoms with Crippen molar-refractivity contribution in [2.24, 2.45) is 0 Å². The molecule has 0 amide bonds. The molecule has 0 radical (unpaired) electrons. The first kappa shape index (κ1) is 14.5. The van der Waals surface area contributed by atoms with Gasteiger partial charge in [-0.1, -0.05) is 19.1 Å². The molecule has 0 fully saturated rings. The Bertz CT molecular complexity index is 743. The van der Waals surface area contributed by atoms with E-state index in [0.29, 0.717) is 18.2 Å². The number of hydrogen-bond donors (Lipinski definition) is 1. The highest BCUT2D eigenvalue weighted by Crippen LogP contribution is 2.22. The van der Waals surface area contributed by atoms with E-state index in [0.717, 1.165) is 5.39 Å². The first-order valence-electron chi connectivity index (χ1n) is 6.37. The molecule has 1 atom stereocenters. The van der Waals surface area contributed by atoms with Crippen molar-refractivity contribution in [1.82, 2.24) is 9.71 Å². The molecule has 0 aliphatic rings. The van der Waals surface area contributed by atoms with Crippen molar-refractivity contribution in [3.63, 3.8) is 0 Å². The zero-order valence-electron chi connectivity index (χ0n) is 11.2. The van der Waals surface area contributed by atoms with Crippen LogP contribution in [0.2, 0.25) is 0 Å². The van der Waals surface area contributed by atoms with Gasteiger partial charge >= 0.3 is 0 Å². The number of aromatic nitrogens is 1. The van der Waals surface area contributed by atoms with Crippen molar-refractivity contribution in [3.8, 4) is 12.3 Å². The molecular formula is C15H16N2O2S. The summed E-state index contributed by atoms with van der Waals surface area (Å²) >= 11 is 0. The van der Waals surface area contributed by atoms with Gasteiger partial charge in [0.1, 0.15) is 0 Å². The molecule has 1 unspecified atom stereocenters. The number of fused-ring (bicyclic) bond motifs is 1. The molecule has 2 rings (SSSR count). The minimum absolute atomic E-state index is 0.248. The Morgan fingerprint density at radius 3 is 2.90 bits per heavy atom. The van der Waals surface area contributed by atoms with E-state index in [4.69, 9.17) is 6.42 Å². The van der Waals surface area contributed by atoms with Gasteiger partial charge in [-0.2, -0.15) is 0 Å². The van der Waals surface area contributed by atoms with Gasteiger partial charge in [0.15, 0.2) is 0 Å². The summed E-state index contributed by atoms with van der Waals surface area (Å²) in [7, 11) is -3.59. The van der Waals surface area contributed by atoms with Crippen LogP contribution in [0.25, 0.3) is 10.8 Å². The van der Waals surface area contributed by atoms with Gasteiger partial charge in [-0.25, -0.2) is 13.1 Å². The molecular weight excluding hydrogens is 272 g/mol. The van der Waals surface area contributed by atoms with Crippen LogP contribution in [0.1, 0.15) is 19.8 Å². The Labute approximate surface area is 119 Å². The van der Waals surface area contributed by atoms with Crippen LogP contribution in [0.15, 0.2) is 41.6 Å². The smallest absolute Gasteiger partial charge is 0.241 e. The highest BCUT2D eigenvalue weighted by molar-refractivity contribution is 7.89. The fourth-order valence-electron chi connectivity index (χ4n) is 2.02. The standard InChI is InChI=1S/C15H16N2O2S/c1-3-6-13(4-2)17-20(18,19)15-8-5-7-12-11-16-10-9-14(12)15/h1,5,7-11,13,17H,4,6H2,2H3. The predicted octanol–water partition coefficient (Wildman–Crippen LogP) is 2.32. The Morgan fingerprint density at radius 2 is 2.20 bits per heavy atom. The summed E-state index contributed by atoms with van der Waals surface area (Å²) in [4.78, 5) is 4.26. The first-order valence-corrected chi connectivity index (χ1v) is 7.85. The normalized spacial score (nSPS) is 13.0. The van der Waals surface area contributed by atoms with E-state index in [-0.39, 0.29) is 10.9 Å². The molecule has 1 aromatic carbocycles. The Kier molecular flexibility index (Phi) is 4.38. The molecule has 1 aromatic heterocycles. The number of hydrogen-bond acceptors (Lipinski definition) is 3. The van der Waals surface area contributed by atoms with Gasteiger partial charge < -0.3 is 0 Å². The summed E-state index contributed by atoms with van der Waals surface area (Å²) in [5, 5.41) is 1.45. The molecule has 5 heteroatoms. The Balaban J connectivity index is 2.45. The maximum absolute atomic E-state index is 12.5. The van der Waals surface area contributed by atoms with Crippen LogP contribution in [0.4, 0.5) is 0 Å². The Hall–Kier alpha value is -1.90. The number of sulfonamides is 1. The number of benzene rings is 1. The quantitative estimate of drug-likeness (QED) is 0.859. The van der Waals surface area contributed by atoms with Gasteiger partial charge in [-0.3, -0.25) is 4.98 Å². The van der Waals surface area contributed by atoms with Gasteiger partial charge in [0, 0.05) is 35.6 Å². The predicted molar refractivity (Wildman–Crippen MR) is 79.6 cm³/mol. The van der Waals surface area contributed by atoms with Crippen molar-refractivity contribution in [2.45, 2.75) is 30.7 Å². The van der Waals surface area contributed by atoms with E-state index in [1.165, 1.54) is 0 Å². The van der Waals surface area contributed by atoms with E-state index in [9.17, 15) is 8.42 Å². The molecule has 0 saturated heterocycles. The highest BCUT2D eigenvalue weighted by Gasteiger charge is 2.20. The van der Waals surface area contributed by atoms with E-state index in [1.807, 2.05) is 13.0 Å². The topological polar surface area (TPSA) is 59.1 Å². The third-order valence-electron chi connectivity index (χ3n) is 3.11. The number of pyridine rings is 1. The zero-order valence-corrected chi connectivity index (χ0v) is 12.0. The van der Waals surface area contributed by atoms with Crippen LogP contribution < -0.4 is 4.72 Å². The summed E-state index contributed by atoms with van der Waals surface area (Å²) in [5.41, 5.74) is 0. The number of terminal acetylenes is 1. The third kappa shape index (κ3) is 2.98. The minimum Gasteiger partial charge on any atom is -0.264 e. The molecule has 0 spiro atoms. The van der Waals surface area contributed by atoms with E-state index >= 15 is 0 Å². The van der Waals surface area contributed by atoms with Gasteiger partial charge in [0.25, 0.3) is 0 Å². The second-order valence-electron chi connectivity index (χ2n) is 4.49. The van der Waals surface area contributed by atoms with Crippen LogP contribution in [-0.2, 0) is 10.0 Å². The largest absolute Gasteiger partial charge is 0.264 e. The second kappa shape index (κ2) is 6.04. The molecule has 0 aliphatic carbocycles. The lowest BCUT2D eigenvalue weighted by Gasteiger charge is -2.15. The third-order valence-corrected chi connectivity index (χ3v) is 4.69. The maximum atomic E-state index is 12.5. The molecule has 20 heavy (non-hydrogen) atoms. The van der Waals surface area contributed by atoms with Crippen molar-refractivity contribution in [2.75, 3.05) is 0 Å². The monoisotopic (exact) mass is 288 g/mol. The number of nitrogens with zero attached hydrogens (tertiary/aromatic N) is 1. The summed E-state index contributed by atoms with van der Waals surface area (Å²) < 4.78 is 27.6. The fourth-order valence-corrected chi connectivity index (χ4v) is 3.57. The zero-order chi connectivity index (χ0) is 14.6. The van der Waals surface area contributed by atoms with E-state index < -0.39 is 10.0 Å². The van der Waals surface area contributed by atoms with Crippen LogP contribution in [0.3, 0.4) is 0 Å². The van der Waals surface area contributed by atoms with Crippen molar-refractivity contribution in [1.29, 1.82) is 0 Å². The molecule has 0 bridgehead atoms.